The summed E-state index contributed by atoms with van der Waals surface area (Å²) in [5.41, 5.74) is 1.31. The van der Waals surface area contributed by atoms with E-state index in [1.807, 2.05) is 0 Å². The van der Waals surface area contributed by atoms with Gasteiger partial charge >= 0.3 is 0 Å². The number of benzene rings is 1. The third-order valence-electron chi connectivity index (χ3n) is 3.79. The quantitative estimate of drug-likeness (QED) is 0.777. The third kappa shape index (κ3) is 2.66. The minimum absolute atomic E-state index is 0.00789. The molecule has 116 valence electrons. The summed E-state index contributed by atoms with van der Waals surface area (Å²) < 4.78 is 1.61. The highest BCUT2D eigenvalue weighted by molar-refractivity contribution is 6.37. The number of aromatic nitrogens is 3. The molecule has 1 fully saturated rings. The topological polar surface area (TPSA) is 59.8 Å². The van der Waals surface area contributed by atoms with Crippen LogP contribution in [-0.2, 0) is 4.79 Å². The van der Waals surface area contributed by atoms with Crippen molar-refractivity contribution in [2.45, 2.75) is 12.8 Å². The van der Waals surface area contributed by atoms with Crippen molar-refractivity contribution in [3.8, 4) is 5.69 Å². The van der Waals surface area contributed by atoms with Crippen molar-refractivity contribution in [3.63, 3.8) is 0 Å². The SMILES string of the molecule is O=C(Nc1nccc2nn(-c3c(Cl)cccc3Cl)cc12)C1CC1. The molecule has 4 rings (SSSR count). The van der Waals surface area contributed by atoms with Crippen molar-refractivity contribution in [2.75, 3.05) is 5.32 Å². The Labute approximate surface area is 142 Å². The van der Waals surface area contributed by atoms with Gasteiger partial charge in [0.2, 0.25) is 5.91 Å². The Bertz CT molecular complexity index is 897. The lowest BCUT2D eigenvalue weighted by Crippen LogP contribution is -2.14. The van der Waals surface area contributed by atoms with Gasteiger partial charge in [0, 0.05) is 18.3 Å². The summed E-state index contributed by atoms with van der Waals surface area (Å²) in [7, 11) is 0. The van der Waals surface area contributed by atoms with Crippen LogP contribution >= 0.6 is 23.2 Å². The first-order chi connectivity index (χ1) is 11.1. The predicted octanol–water partition coefficient (Wildman–Crippen LogP) is 4.08. The highest BCUT2D eigenvalue weighted by atomic mass is 35.5. The second-order valence-electron chi connectivity index (χ2n) is 5.50. The van der Waals surface area contributed by atoms with Gasteiger partial charge < -0.3 is 5.32 Å². The van der Waals surface area contributed by atoms with E-state index < -0.39 is 0 Å². The highest BCUT2D eigenvalue weighted by Gasteiger charge is 2.30. The van der Waals surface area contributed by atoms with Gasteiger partial charge in [0.05, 0.1) is 20.9 Å². The summed E-state index contributed by atoms with van der Waals surface area (Å²) in [6.07, 6.45) is 5.28. The van der Waals surface area contributed by atoms with Gasteiger partial charge in [-0.2, -0.15) is 5.10 Å². The Morgan fingerprint density at radius 3 is 2.65 bits per heavy atom. The van der Waals surface area contributed by atoms with Crippen LogP contribution < -0.4 is 5.32 Å². The molecule has 0 radical (unpaired) electrons. The van der Waals surface area contributed by atoms with Crippen LogP contribution in [0.25, 0.3) is 16.6 Å². The van der Waals surface area contributed by atoms with Gasteiger partial charge in [-0.05, 0) is 31.0 Å². The second-order valence-corrected chi connectivity index (χ2v) is 6.31. The first-order valence-electron chi connectivity index (χ1n) is 7.23. The fourth-order valence-electron chi connectivity index (χ4n) is 2.43. The van der Waals surface area contributed by atoms with E-state index in [1.54, 1.807) is 41.3 Å². The second kappa shape index (κ2) is 5.51. The molecule has 0 atom stereocenters. The molecule has 1 N–H and O–H groups in total. The van der Waals surface area contributed by atoms with Crippen LogP contribution in [0, 0.1) is 5.92 Å². The van der Waals surface area contributed by atoms with Crippen molar-refractivity contribution in [1.82, 2.24) is 14.8 Å². The molecule has 1 aromatic carbocycles. The summed E-state index contributed by atoms with van der Waals surface area (Å²) >= 11 is 12.5. The average Bonchev–Trinajstić information content (AvgIpc) is 3.28. The van der Waals surface area contributed by atoms with E-state index in [2.05, 4.69) is 15.4 Å². The zero-order chi connectivity index (χ0) is 16.0. The lowest BCUT2D eigenvalue weighted by Gasteiger charge is -2.05. The zero-order valence-corrected chi connectivity index (χ0v) is 13.5. The molecule has 1 aliphatic carbocycles. The number of hydrogen-bond donors (Lipinski definition) is 1. The van der Waals surface area contributed by atoms with Crippen LogP contribution in [-0.4, -0.2) is 20.7 Å². The van der Waals surface area contributed by atoms with E-state index in [0.29, 0.717) is 27.1 Å². The van der Waals surface area contributed by atoms with Gasteiger partial charge in [0.15, 0.2) is 0 Å². The number of carbonyl (C=O) groups excluding carboxylic acids is 1. The van der Waals surface area contributed by atoms with Crippen LogP contribution in [0.1, 0.15) is 12.8 Å². The molecule has 0 unspecified atom stereocenters. The number of nitrogens with one attached hydrogen (secondary N) is 1. The number of nitrogens with zero attached hydrogens (tertiary/aromatic N) is 3. The van der Waals surface area contributed by atoms with Gasteiger partial charge in [0.25, 0.3) is 0 Å². The Hall–Kier alpha value is -2.11. The summed E-state index contributed by atoms with van der Waals surface area (Å²) in [6, 6.07) is 7.07. The Morgan fingerprint density at radius 1 is 1.22 bits per heavy atom. The smallest absolute Gasteiger partial charge is 0.228 e. The fourth-order valence-corrected chi connectivity index (χ4v) is 3.00. The molecule has 0 spiro atoms. The molecule has 1 saturated carbocycles. The average molecular weight is 347 g/mol. The summed E-state index contributed by atoms with van der Waals surface area (Å²) in [5.74, 6) is 0.627. The van der Waals surface area contributed by atoms with E-state index in [0.717, 1.165) is 18.2 Å². The normalized spacial score (nSPS) is 14.2. The van der Waals surface area contributed by atoms with Crippen LogP contribution in [0.3, 0.4) is 0 Å². The maximum absolute atomic E-state index is 12.0. The molecule has 7 heteroatoms. The monoisotopic (exact) mass is 346 g/mol. The maximum Gasteiger partial charge on any atom is 0.228 e. The number of halogens is 2. The van der Waals surface area contributed by atoms with E-state index in [9.17, 15) is 4.79 Å². The van der Waals surface area contributed by atoms with Gasteiger partial charge in [0.1, 0.15) is 11.5 Å². The number of hydrogen-bond acceptors (Lipinski definition) is 3. The molecule has 0 aliphatic heterocycles. The van der Waals surface area contributed by atoms with Gasteiger partial charge in [-0.15, -0.1) is 0 Å². The molecule has 1 aliphatic rings. The Morgan fingerprint density at radius 2 is 1.96 bits per heavy atom. The number of fused-ring (bicyclic) bond motifs is 1. The van der Waals surface area contributed by atoms with Crippen molar-refractivity contribution >= 4 is 45.8 Å². The first kappa shape index (κ1) is 14.5. The Kier molecular flexibility index (Phi) is 3.47. The highest BCUT2D eigenvalue weighted by Crippen LogP contribution is 2.32. The molecular weight excluding hydrogens is 335 g/mol. The number of amides is 1. The van der Waals surface area contributed by atoms with Crippen LogP contribution in [0.4, 0.5) is 5.82 Å². The Balaban J connectivity index is 1.80. The third-order valence-corrected chi connectivity index (χ3v) is 4.40. The molecule has 23 heavy (non-hydrogen) atoms. The first-order valence-corrected chi connectivity index (χ1v) is 7.99. The molecule has 0 bridgehead atoms. The number of pyridine rings is 1. The van der Waals surface area contributed by atoms with E-state index in [4.69, 9.17) is 23.2 Å². The van der Waals surface area contributed by atoms with Crippen molar-refractivity contribution in [2.24, 2.45) is 5.92 Å². The van der Waals surface area contributed by atoms with Gasteiger partial charge in [-0.25, -0.2) is 9.67 Å². The largest absolute Gasteiger partial charge is 0.310 e. The molecule has 3 aromatic rings. The van der Waals surface area contributed by atoms with Crippen molar-refractivity contribution in [1.29, 1.82) is 0 Å². The lowest BCUT2D eigenvalue weighted by molar-refractivity contribution is -0.117. The summed E-state index contributed by atoms with van der Waals surface area (Å²) in [5, 5.41) is 9.11. The molecular formula is C16H12Cl2N4O. The molecule has 2 heterocycles. The molecule has 5 nitrogen and oxygen atoms in total. The minimum Gasteiger partial charge on any atom is -0.310 e. The number of para-hydroxylation sites is 1. The van der Waals surface area contributed by atoms with Crippen LogP contribution in [0.5, 0.6) is 0 Å². The predicted molar refractivity (Wildman–Crippen MR) is 90.2 cm³/mol. The summed E-state index contributed by atoms with van der Waals surface area (Å²) in [4.78, 5) is 16.2. The number of rotatable bonds is 3. The van der Waals surface area contributed by atoms with Crippen molar-refractivity contribution in [3.05, 3.63) is 46.7 Å². The van der Waals surface area contributed by atoms with Crippen LogP contribution in [0.15, 0.2) is 36.7 Å². The summed E-state index contributed by atoms with van der Waals surface area (Å²) in [6.45, 7) is 0. The number of anilines is 1. The molecule has 2 aromatic heterocycles. The van der Waals surface area contributed by atoms with E-state index in [1.165, 1.54) is 0 Å². The zero-order valence-electron chi connectivity index (χ0n) is 12.0. The molecule has 1 amide bonds. The van der Waals surface area contributed by atoms with Gasteiger partial charge in [-0.1, -0.05) is 29.3 Å². The number of carbonyl (C=O) groups is 1. The maximum atomic E-state index is 12.0. The van der Waals surface area contributed by atoms with E-state index in [-0.39, 0.29) is 11.8 Å². The lowest BCUT2D eigenvalue weighted by atomic mass is 10.3. The van der Waals surface area contributed by atoms with E-state index >= 15 is 0 Å². The molecule has 0 saturated heterocycles. The fraction of sp³-hybridized carbons (Fsp3) is 0.188. The van der Waals surface area contributed by atoms with Gasteiger partial charge in [-0.3, -0.25) is 4.79 Å². The van der Waals surface area contributed by atoms with Crippen molar-refractivity contribution < 1.29 is 4.79 Å². The minimum atomic E-state index is 0.00789. The standard InChI is InChI=1S/C16H12Cl2N4O/c17-11-2-1-3-12(18)14(11)22-8-10-13(21-22)6-7-19-15(10)20-16(23)9-4-5-9/h1-3,6-9H,4-5H2,(H,19,20,23). The van der Waals surface area contributed by atoms with Crippen LogP contribution in [0.2, 0.25) is 10.0 Å².